The molecule has 1 aliphatic heterocycles. The molecular weight excluding hydrogens is 454 g/mol. The topological polar surface area (TPSA) is 50.5 Å². The fourth-order valence-corrected chi connectivity index (χ4v) is 6.78. The molecule has 0 fully saturated rings. The largest absolute Gasteiger partial charge is 0.440 e. The molecule has 0 saturated carbocycles. The number of rotatable bonds is 1. The van der Waals surface area contributed by atoms with Gasteiger partial charge in [-0.05, 0) is 62.6 Å². The van der Waals surface area contributed by atoms with Crippen LogP contribution < -0.4 is 0 Å². The molecule has 3 heterocycles. The van der Waals surface area contributed by atoms with Crippen LogP contribution in [0.3, 0.4) is 0 Å². The summed E-state index contributed by atoms with van der Waals surface area (Å²) in [6.07, 6.45) is 0. The first kappa shape index (κ1) is 15.7. The number of halogens is 2. The minimum Gasteiger partial charge on any atom is -0.440 e. The lowest BCUT2D eigenvalue weighted by Crippen LogP contribution is -2.22. The van der Waals surface area contributed by atoms with Crippen molar-refractivity contribution in [3.05, 3.63) is 48.3 Å². The van der Waals surface area contributed by atoms with Crippen LogP contribution in [0, 0.1) is 0 Å². The summed E-state index contributed by atoms with van der Waals surface area (Å²) in [6, 6.07) is 0. The lowest BCUT2D eigenvalue weighted by molar-refractivity contribution is 0.463. The maximum Gasteiger partial charge on any atom is 0.298 e. The smallest absolute Gasteiger partial charge is 0.298 e. The van der Waals surface area contributed by atoms with E-state index in [-0.39, 0.29) is 11.6 Å². The van der Waals surface area contributed by atoms with Gasteiger partial charge in [-0.15, -0.1) is 11.3 Å². The second-order valence-electron chi connectivity index (χ2n) is 4.37. The van der Waals surface area contributed by atoms with Crippen molar-refractivity contribution in [3.63, 3.8) is 0 Å². The highest BCUT2D eigenvalue weighted by Gasteiger charge is 2.41. The summed E-state index contributed by atoms with van der Waals surface area (Å²) < 4.78 is 33.7. The predicted molar refractivity (Wildman–Crippen MR) is 91.1 cm³/mol. The molecule has 0 N–H and O–H groups in total. The molecule has 0 atom stereocenters. The molecule has 0 spiro atoms. The Morgan fingerprint density at radius 1 is 1.36 bits per heavy atom. The standard InChI is InChI=1S/C14H7Br2NO3S2/c1-3-4-5-6-8(2)17-7-9-10-11(13(16)21-12(10)15)20-14(9)22(17,18)19/h1,7H2,2H3. The number of furan rings is 1. The molecule has 0 aromatic carbocycles. The van der Waals surface area contributed by atoms with Crippen LogP contribution in [0.4, 0.5) is 0 Å². The first-order valence-electron chi connectivity index (χ1n) is 5.91. The SMILES string of the molecule is C=C=C=C=C=C(C)N1Cc2c(oc3c(Br)sc(Br)c23)S1(=O)=O. The first-order chi connectivity index (χ1) is 10.4. The van der Waals surface area contributed by atoms with Crippen molar-refractivity contribution < 1.29 is 12.8 Å². The van der Waals surface area contributed by atoms with Crippen molar-refractivity contribution >= 4 is 64.2 Å². The van der Waals surface area contributed by atoms with Crippen molar-refractivity contribution in [1.82, 2.24) is 4.31 Å². The Balaban J connectivity index is 2.25. The third kappa shape index (κ3) is 2.22. The van der Waals surface area contributed by atoms with Gasteiger partial charge in [-0.1, -0.05) is 5.73 Å². The number of sulfonamides is 1. The minimum atomic E-state index is -3.72. The molecule has 1 aliphatic rings. The molecule has 112 valence electrons. The van der Waals surface area contributed by atoms with Crippen LogP contribution in [-0.2, 0) is 16.6 Å². The number of nitrogens with zero attached hydrogens (tertiary/aromatic N) is 1. The fourth-order valence-electron chi connectivity index (χ4n) is 2.17. The van der Waals surface area contributed by atoms with E-state index in [9.17, 15) is 8.42 Å². The van der Waals surface area contributed by atoms with Crippen LogP contribution in [0.15, 0.2) is 52.3 Å². The Morgan fingerprint density at radius 2 is 2.09 bits per heavy atom. The molecule has 3 rings (SSSR count). The Morgan fingerprint density at radius 3 is 2.77 bits per heavy atom. The third-order valence-electron chi connectivity index (χ3n) is 3.12. The zero-order valence-electron chi connectivity index (χ0n) is 11.2. The maximum absolute atomic E-state index is 12.6. The lowest BCUT2D eigenvalue weighted by atomic mass is 10.2. The van der Waals surface area contributed by atoms with Crippen LogP contribution in [0.2, 0.25) is 0 Å². The van der Waals surface area contributed by atoms with Crippen molar-refractivity contribution in [1.29, 1.82) is 0 Å². The quantitative estimate of drug-likeness (QED) is 0.580. The predicted octanol–water partition coefficient (Wildman–Crippen LogP) is 4.68. The summed E-state index contributed by atoms with van der Waals surface area (Å²) >= 11 is 8.28. The summed E-state index contributed by atoms with van der Waals surface area (Å²) in [7, 11) is -3.72. The Bertz CT molecular complexity index is 1070. The molecule has 0 amide bonds. The normalized spacial score (nSPS) is 15.0. The lowest BCUT2D eigenvalue weighted by Gasteiger charge is -2.14. The van der Waals surface area contributed by atoms with Crippen LogP contribution in [0.1, 0.15) is 12.5 Å². The van der Waals surface area contributed by atoms with E-state index in [0.717, 1.165) is 13.0 Å². The summed E-state index contributed by atoms with van der Waals surface area (Å²) in [5, 5.41) is 0.771. The van der Waals surface area contributed by atoms with Crippen molar-refractivity contribution in [2.75, 3.05) is 0 Å². The molecule has 2 aromatic heterocycles. The van der Waals surface area contributed by atoms with E-state index < -0.39 is 10.0 Å². The van der Waals surface area contributed by atoms with Gasteiger partial charge in [-0.2, -0.15) is 8.42 Å². The van der Waals surface area contributed by atoms with Gasteiger partial charge in [0, 0.05) is 5.56 Å². The third-order valence-corrected chi connectivity index (χ3v) is 7.38. The van der Waals surface area contributed by atoms with E-state index in [1.54, 1.807) is 6.92 Å². The molecule has 0 unspecified atom stereocenters. The minimum absolute atomic E-state index is 0.0175. The van der Waals surface area contributed by atoms with E-state index in [1.165, 1.54) is 15.6 Å². The molecule has 0 saturated heterocycles. The molecule has 8 heteroatoms. The number of allylic oxidation sites excluding steroid dienone is 1. The number of thiophene rings is 1. The van der Waals surface area contributed by atoms with Gasteiger partial charge in [-0.25, -0.2) is 0 Å². The summed E-state index contributed by atoms with van der Waals surface area (Å²) in [6.45, 7) is 5.19. The van der Waals surface area contributed by atoms with Crippen LogP contribution >= 0.6 is 43.2 Å². The second-order valence-corrected chi connectivity index (χ2v) is 9.79. The van der Waals surface area contributed by atoms with Gasteiger partial charge in [0.15, 0.2) is 5.58 Å². The number of hydrogen-bond acceptors (Lipinski definition) is 4. The van der Waals surface area contributed by atoms with E-state index in [4.69, 9.17) is 4.42 Å². The molecule has 4 nitrogen and oxygen atoms in total. The molecule has 0 bridgehead atoms. The van der Waals surface area contributed by atoms with Crippen molar-refractivity contribution in [2.24, 2.45) is 0 Å². The van der Waals surface area contributed by atoms with Crippen LogP contribution in [-0.4, -0.2) is 12.7 Å². The zero-order valence-corrected chi connectivity index (χ0v) is 16.0. The van der Waals surface area contributed by atoms with Gasteiger partial charge in [0.1, 0.15) is 3.79 Å². The van der Waals surface area contributed by atoms with E-state index in [1.807, 2.05) is 0 Å². The summed E-state index contributed by atoms with van der Waals surface area (Å²) in [5.74, 6) is 0. The fraction of sp³-hybridized carbons (Fsp3) is 0.143. The van der Waals surface area contributed by atoms with Crippen LogP contribution in [0.5, 0.6) is 0 Å². The van der Waals surface area contributed by atoms with Gasteiger partial charge in [0.2, 0.25) is 5.09 Å². The highest BCUT2D eigenvalue weighted by Crippen LogP contribution is 2.48. The van der Waals surface area contributed by atoms with Gasteiger partial charge in [0.25, 0.3) is 10.0 Å². The molecule has 0 aliphatic carbocycles. The number of fused-ring (bicyclic) bond motifs is 3. The average Bonchev–Trinajstić information content (AvgIpc) is 3.03. The van der Waals surface area contributed by atoms with E-state index in [2.05, 4.69) is 61.4 Å². The summed E-state index contributed by atoms with van der Waals surface area (Å²) in [4.78, 5) is 0. The molecule has 0 radical (unpaired) electrons. The molecule has 22 heavy (non-hydrogen) atoms. The Kier molecular flexibility index (Phi) is 3.90. The second kappa shape index (κ2) is 5.47. The highest BCUT2D eigenvalue weighted by molar-refractivity contribution is 9.12. The van der Waals surface area contributed by atoms with Crippen molar-refractivity contribution in [3.8, 4) is 0 Å². The van der Waals surface area contributed by atoms with Gasteiger partial charge < -0.3 is 4.42 Å². The van der Waals surface area contributed by atoms with Crippen molar-refractivity contribution in [2.45, 2.75) is 18.6 Å². The average molecular weight is 461 g/mol. The highest BCUT2D eigenvalue weighted by atomic mass is 79.9. The van der Waals surface area contributed by atoms with E-state index in [0.29, 0.717) is 16.8 Å². The van der Waals surface area contributed by atoms with Gasteiger partial charge >= 0.3 is 0 Å². The Hall–Kier alpha value is -1.19. The van der Waals surface area contributed by atoms with Crippen LogP contribution in [0.25, 0.3) is 11.0 Å². The van der Waals surface area contributed by atoms with E-state index >= 15 is 0 Å². The zero-order chi connectivity index (χ0) is 16.1. The summed E-state index contributed by atoms with van der Waals surface area (Å²) in [5.41, 5.74) is 11.8. The maximum atomic E-state index is 12.6. The monoisotopic (exact) mass is 459 g/mol. The first-order valence-corrected chi connectivity index (χ1v) is 9.75. The number of hydrogen-bond donors (Lipinski definition) is 0. The molecule has 2 aromatic rings. The Labute approximate surface area is 147 Å². The van der Waals surface area contributed by atoms with Gasteiger partial charge in [-0.3, -0.25) is 4.31 Å². The molecular formula is C14H7Br2NO3S2. The van der Waals surface area contributed by atoms with Gasteiger partial charge in [0.05, 0.1) is 21.4 Å².